The topological polar surface area (TPSA) is 15.3 Å². The minimum atomic E-state index is 0.576. The average Bonchev–Trinajstić information content (AvgIpc) is 2.40. The number of rotatable bonds is 4. The molecule has 0 spiro atoms. The molecule has 0 bridgehead atoms. The molecular formula is C15H15BrCl2N2. The zero-order chi connectivity index (χ0) is 14.7. The molecule has 0 fully saturated rings. The van der Waals surface area contributed by atoms with Crippen LogP contribution in [0, 0.1) is 0 Å². The molecule has 0 amide bonds. The van der Waals surface area contributed by atoms with Gasteiger partial charge < -0.3 is 10.2 Å². The van der Waals surface area contributed by atoms with Crippen LogP contribution >= 0.6 is 39.1 Å². The maximum Gasteiger partial charge on any atom is 0.0597 e. The molecule has 1 N–H and O–H groups in total. The number of nitrogens with zero attached hydrogens (tertiary/aromatic N) is 1. The summed E-state index contributed by atoms with van der Waals surface area (Å²) in [5.41, 5.74) is 3.28. The van der Waals surface area contributed by atoms with Crippen molar-refractivity contribution in [1.29, 1.82) is 0 Å². The molecule has 0 unspecified atom stereocenters. The normalized spacial score (nSPS) is 10.4. The van der Waals surface area contributed by atoms with Crippen molar-refractivity contribution in [3.63, 3.8) is 0 Å². The van der Waals surface area contributed by atoms with Gasteiger partial charge in [0.2, 0.25) is 0 Å². The first-order chi connectivity index (χ1) is 9.47. The van der Waals surface area contributed by atoms with Gasteiger partial charge in [0.05, 0.1) is 21.4 Å². The van der Waals surface area contributed by atoms with Gasteiger partial charge in [-0.25, -0.2) is 0 Å². The second kappa shape index (κ2) is 6.70. The summed E-state index contributed by atoms with van der Waals surface area (Å²) in [5.74, 6) is 0. The molecule has 0 radical (unpaired) electrons. The van der Waals surface area contributed by atoms with Crippen LogP contribution in [-0.2, 0) is 6.54 Å². The summed E-state index contributed by atoms with van der Waals surface area (Å²) in [6.07, 6.45) is 0. The monoisotopic (exact) mass is 372 g/mol. The summed E-state index contributed by atoms with van der Waals surface area (Å²) in [5, 5.41) is 4.58. The molecule has 0 heterocycles. The highest BCUT2D eigenvalue weighted by molar-refractivity contribution is 9.10. The summed E-state index contributed by atoms with van der Waals surface area (Å²) in [6.45, 7) is 0.689. The maximum atomic E-state index is 6.03. The zero-order valence-electron chi connectivity index (χ0n) is 11.3. The minimum Gasteiger partial charge on any atom is -0.379 e. The van der Waals surface area contributed by atoms with Crippen LogP contribution in [0.15, 0.2) is 40.9 Å². The van der Waals surface area contributed by atoms with Crippen molar-refractivity contribution >= 4 is 50.5 Å². The Morgan fingerprint density at radius 3 is 2.45 bits per heavy atom. The highest BCUT2D eigenvalue weighted by Crippen LogP contribution is 2.29. The van der Waals surface area contributed by atoms with E-state index in [1.54, 1.807) is 0 Å². The first-order valence-corrected chi connectivity index (χ1v) is 7.67. The van der Waals surface area contributed by atoms with Crippen molar-refractivity contribution < 1.29 is 0 Å². The lowest BCUT2D eigenvalue weighted by Gasteiger charge is -2.19. The molecule has 20 heavy (non-hydrogen) atoms. The SMILES string of the molecule is CN(C)c1ccc(Br)cc1NCc1ccc(Cl)c(Cl)c1. The Balaban J connectivity index is 2.17. The van der Waals surface area contributed by atoms with Crippen LogP contribution in [0.1, 0.15) is 5.56 Å². The molecule has 0 atom stereocenters. The van der Waals surface area contributed by atoms with Gasteiger partial charge in [0.1, 0.15) is 0 Å². The van der Waals surface area contributed by atoms with E-state index in [0.29, 0.717) is 16.6 Å². The van der Waals surface area contributed by atoms with Gasteiger partial charge in [0.25, 0.3) is 0 Å². The van der Waals surface area contributed by atoms with Crippen molar-refractivity contribution in [2.24, 2.45) is 0 Å². The fraction of sp³-hybridized carbons (Fsp3) is 0.200. The van der Waals surface area contributed by atoms with Crippen LogP contribution in [0.4, 0.5) is 11.4 Å². The van der Waals surface area contributed by atoms with Crippen LogP contribution in [0.2, 0.25) is 10.0 Å². The zero-order valence-corrected chi connectivity index (χ0v) is 14.4. The van der Waals surface area contributed by atoms with Crippen LogP contribution in [0.25, 0.3) is 0 Å². The Labute approximate surface area is 137 Å². The van der Waals surface area contributed by atoms with Crippen LogP contribution < -0.4 is 10.2 Å². The van der Waals surface area contributed by atoms with Gasteiger partial charge in [-0.2, -0.15) is 0 Å². The fourth-order valence-electron chi connectivity index (χ4n) is 1.89. The molecule has 0 aliphatic rings. The van der Waals surface area contributed by atoms with Gasteiger partial charge >= 0.3 is 0 Å². The third-order valence-electron chi connectivity index (χ3n) is 2.91. The van der Waals surface area contributed by atoms with Crippen LogP contribution in [0.3, 0.4) is 0 Å². The quantitative estimate of drug-likeness (QED) is 0.768. The average molecular weight is 374 g/mol. The Bertz CT molecular complexity index is 615. The number of hydrogen-bond acceptors (Lipinski definition) is 2. The number of hydrogen-bond donors (Lipinski definition) is 1. The van der Waals surface area contributed by atoms with Gasteiger partial charge in [-0.15, -0.1) is 0 Å². The standard InChI is InChI=1S/C15H15BrCl2N2/c1-20(2)15-6-4-11(16)8-14(15)19-9-10-3-5-12(17)13(18)7-10/h3-8,19H,9H2,1-2H3. The van der Waals surface area contributed by atoms with E-state index in [1.807, 2.05) is 38.4 Å². The summed E-state index contributed by atoms with van der Waals surface area (Å²) >= 11 is 15.4. The summed E-state index contributed by atoms with van der Waals surface area (Å²) in [7, 11) is 4.04. The highest BCUT2D eigenvalue weighted by atomic mass is 79.9. The maximum absolute atomic E-state index is 6.03. The van der Waals surface area contributed by atoms with Gasteiger partial charge in [-0.05, 0) is 35.9 Å². The lowest BCUT2D eigenvalue weighted by Crippen LogP contribution is -2.12. The van der Waals surface area contributed by atoms with Gasteiger partial charge in [-0.1, -0.05) is 45.2 Å². The van der Waals surface area contributed by atoms with E-state index in [9.17, 15) is 0 Å². The lowest BCUT2D eigenvalue weighted by atomic mass is 10.2. The van der Waals surface area contributed by atoms with Crippen molar-refractivity contribution in [2.45, 2.75) is 6.54 Å². The molecule has 2 rings (SSSR count). The molecular weight excluding hydrogens is 359 g/mol. The van der Waals surface area contributed by atoms with E-state index in [0.717, 1.165) is 21.4 Å². The van der Waals surface area contributed by atoms with Crippen LogP contribution in [-0.4, -0.2) is 14.1 Å². The molecule has 0 aliphatic heterocycles. The number of benzene rings is 2. The third kappa shape index (κ3) is 3.81. The molecule has 5 heteroatoms. The Hall–Kier alpha value is -0.900. The van der Waals surface area contributed by atoms with Crippen LogP contribution in [0.5, 0.6) is 0 Å². The summed E-state index contributed by atoms with van der Waals surface area (Å²) in [4.78, 5) is 2.07. The molecule has 0 saturated heterocycles. The van der Waals surface area contributed by atoms with Gasteiger partial charge in [-0.3, -0.25) is 0 Å². The number of anilines is 2. The fourth-order valence-corrected chi connectivity index (χ4v) is 2.57. The predicted molar refractivity (Wildman–Crippen MR) is 92.3 cm³/mol. The molecule has 106 valence electrons. The second-order valence-electron chi connectivity index (χ2n) is 4.66. The number of halogens is 3. The van der Waals surface area contributed by atoms with E-state index in [1.165, 1.54) is 0 Å². The van der Waals surface area contributed by atoms with Crippen molar-refractivity contribution in [1.82, 2.24) is 0 Å². The molecule has 2 aromatic carbocycles. The largest absolute Gasteiger partial charge is 0.379 e. The molecule has 0 saturated carbocycles. The summed E-state index contributed by atoms with van der Waals surface area (Å²) in [6, 6.07) is 11.8. The van der Waals surface area contributed by atoms with E-state index >= 15 is 0 Å². The summed E-state index contributed by atoms with van der Waals surface area (Å²) < 4.78 is 1.04. The van der Waals surface area contributed by atoms with Crippen molar-refractivity contribution in [3.8, 4) is 0 Å². The number of nitrogens with one attached hydrogen (secondary N) is 1. The van der Waals surface area contributed by atoms with E-state index in [4.69, 9.17) is 23.2 Å². The van der Waals surface area contributed by atoms with Crippen molar-refractivity contribution in [2.75, 3.05) is 24.3 Å². The molecule has 0 aromatic heterocycles. The van der Waals surface area contributed by atoms with E-state index in [-0.39, 0.29) is 0 Å². The molecule has 0 aliphatic carbocycles. The smallest absolute Gasteiger partial charge is 0.0597 e. The first kappa shape index (κ1) is 15.5. The highest BCUT2D eigenvalue weighted by Gasteiger charge is 2.06. The Morgan fingerprint density at radius 2 is 1.80 bits per heavy atom. The van der Waals surface area contributed by atoms with Crippen molar-refractivity contribution in [3.05, 3.63) is 56.5 Å². The third-order valence-corrected chi connectivity index (χ3v) is 4.14. The van der Waals surface area contributed by atoms with Gasteiger partial charge in [0, 0.05) is 25.1 Å². The van der Waals surface area contributed by atoms with E-state index < -0.39 is 0 Å². The Kier molecular flexibility index (Phi) is 5.19. The second-order valence-corrected chi connectivity index (χ2v) is 6.39. The predicted octanol–water partition coefficient (Wildman–Crippen LogP) is 5.43. The van der Waals surface area contributed by atoms with Gasteiger partial charge in [0.15, 0.2) is 0 Å². The Morgan fingerprint density at radius 1 is 1.05 bits per heavy atom. The minimum absolute atomic E-state index is 0.576. The first-order valence-electron chi connectivity index (χ1n) is 6.12. The molecule has 2 nitrogen and oxygen atoms in total. The molecule has 2 aromatic rings. The lowest BCUT2D eigenvalue weighted by molar-refractivity contribution is 1.10. The van der Waals surface area contributed by atoms with E-state index in [2.05, 4.69) is 38.3 Å².